The molecular weight excluding hydrogens is 230 g/mol. The van der Waals surface area contributed by atoms with Crippen LogP contribution in [0.2, 0.25) is 0 Å². The molecule has 2 fully saturated rings. The van der Waals surface area contributed by atoms with E-state index in [4.69, 9.17) is 4.74 Å². The van der Waals surface area contributed by atoms with Crippen LogP contribution in [-0.2, 0) is 4.74 Å². The standard InChI is InChI=1S/C13H25N3O2/c1-10-8-15-6-5-14-7-11(15)9-16(10)12(17)18-13(2,3)4/h10-11,14H,5-9H2,1-4H3/t10-,11+/m0/s1. The van der Waals surface area contributed by atoms with Gasteiger partial charge in [0.05, 0.1) is 0 Å². The first-order valence-corrected chi connectivity index (χ1v) is 6.81. The minimum atomic E-state index is -0.418. The zero-order chi connectivity index (χ0) is 13.3. The molecule has 0 saturated carbocycles. The Morgan fingerprint density at radius 3 is 2.72 bits per heavy atom. The van der Waals surface area contributed by atoms with Gasteiger partial charge in [0.25, 0.3) is 0 Å². The van der Waals surface area contributed by atoms with E-state index in [2.05, 4.69) is 17.1 Å². The lowest BCUT2D eigenvalue weighted by Gasteiger charge is -2.47. The average molecular weight is 255 g/mol. The second-order valence-electron chi connectivity index (χ2n) is 6.33. The summed E-state index contributed by atoms with van der Waals surface area (Å²) in [6.07, 6.45) is -0.180. The molecule has 0 radical (unpaired) electrons. The smallest absolute Gasteiger partial charge is 0.410 e. The largest absolute Gasteiger partial charge is 0.444 e. The fraction of sp³-hybridized carbons (Fsp3) is 0.923. The molecule has 0 spiro atoms. The molecule has 0 aromatic carbocycles. The van der Waals surface area contributed by atoms with E-state index < -0.39 is 5.60 Å². The van der Waals surface area contributed by atoms with E-state index in [9.17, 15) is 4.79 Å². The highest BCUT2D eigenvalue weighted by Gasteiger charge is 2.36. The number of rotatable bonds is 0. The minimum absolute atomic E-state index is 0.180. The monoisotopic (exact) mass is 255 g/mol. The van der Waals surface area contributed by atoms with Crippen LogP contribution in [0, 0.1) is 0 Å². The van der Waals surface area contributed by atoms with Gasteiger partial charge in [-0.05, 0) is 27.7 Å². The second kappa shape index (κ2) is 5.05. The van der Waals surface area contributed by atoms with E-state index in [0.29, 0.717) is 6.04 Å². The predicted molar refractivity (Wildman–Crippen MR) is 70.6 cm³/mol. The lowest BCUT2D eigenvalue weighted by Crippen LogP contribution is -2.65. The number of carbonyl (C=O) groups is 1. The quantitative estimate of drug-likeness (QED) is 0.698. The van der Waals surface area contributed by atoms with Gasteiger partial charge in [-0.1, -0.05) is 0 Å². The molecule has 5 nitrogen and oxygen atoms in total. The summed E-state index contributed by atoms with van der Waals surface area (Å²) >= 11 is 0. The van der Waals surface area contributed by atoms with Crippen LogP contribution in [-0.4, -0.2) is 66.3 Å². The van der Waals surface area contributed by atoms with Crippen molar-refractivity contribution in [3.8, 4) is 0 Å². The summed E-state index contributed by atoms with van der Waals surface area (Å²) in [6.45, 7) is 12.6. The number of piperazine rings is 2. The number of fused-ring (bicyclic) bond motifs is 1. The highest BCUT2D eigenvalue weighted by atomic mass is 16.6. The van der Waals surface area contributed by atoms with Crippen LogP contribution in [0.1, 0.15) is 27.7 Å². The summed E-state index contributed by atoms with van der Waals surface area (Å²) < 4.78 is 5.48. The van der Waals surface area contributed by atoms with E-state index in [1.54, 1.807) is 0 Å². The number of ether oxygens (including phenoxy) is 1. The van der Waals surface area contributed by atoms with Gasteiger partial charge in [-0.15, -0.1) is 0 Å². The van der Waals surface area contributed by atoms with Crippen LogP contribution in [0.3, 0.4) is 0 Å². The summed E-state index contributed by atoms with van der Waals surface area (Å²) in [7, 11) is 0. The van der Waals surface area contributed by atoms with Gasteiger partial charge in [0.2, 0.25) is 0 Å². The van der Waals surface area contributed by atoms with Crippen LogP contribution in [0.25, 0.3) is 0 Å². The highest BCUT2D eigenvalue weighted by Crippen LogP contribution is 2.19. The van der Waals surface area contributed by atoms with Gasteiger partial charge in [-0.3, -0.25) is 4.90 Å². The maximum absolute atomic E-state index is 12.2. The molecule has 18 heavy (non-hydrogen) atoms. The third-order valence-corrected chi connectivity index (χ3v) is 3.54. The third-order valence-electron chi connectivity index (χ3n) is 3.54. The van der Waals surface area contributed by atoms with Crippen molar-refractivity contribution in [2.75, 3.05) is 32.7 Å². The number of nitrogens with zero attached hydrogens (tertiary/aromatic N) is 2. The summed E-state index contributed by atoms with van der Waals surface area (Å²) in [5.41, 5.74) is -0.418. The van der Waals surface area contributed by atoms with Crippen molar-refractivity contribution in [1.82, 2.24) is 15.1 Å². The minimum Gasteiger partial charge on any atom is -0.444 e. The van der Waals surface area contributed by atoms with Crippen molar-refractivity contribution in [3.05, 3.63) is 0 Å². The number of nitrogens with one attached hydrogen (secondary N) is 1. The molecule has 1 N–H and O–H groups in total. The summed E-state index contributed by atoms with van der Waals surface area (Å²) in [5.74, 6) is 0. The Morgan fingerprint density at radius 1 is 1.33 bits per heavy atom. The van der Waals surface area contributed by atoms with Gasteiger partial charge in [0, 0.05) is 44.8 Å². The van der Waals surface area contributed by atoms with Crippen molar-refractivity contribution in [2.45, 2.75) is 45.4 Å². The summed E-state index contributed by atoms with van der Waals surface area (Å²) in [6, 6.07) is 0.664. The normalized spacial score (nSPS) is 29.9. The van der Waals surface area contributed by atoms with Crippen LogP contribution >= 0.6 is 0 Å². The van der Waals surface area contributed by atoms with Crippen LogP contribution in [0.4, 0.5) is 4.79 Å². The Balaban J connectivity index is 1.98. The number of hydrogen-bond acceptors (Lipinski definition) is 4. The number of hydrogen-bond donors (Lipinski definition) is 1. The Bertz CT molecular complexity index is 314. The first-order chi connectivity index (χ1) is 8.37. The van der Waals surface area contributed by atoms with Crippen molar-refractivity contribution in [1.29, 1.82) is 0 Å². The zero-order valence-corrected chi connectivity index (χ0v) is 11.9. The molecule has 2 aliphatic rings. The molecule has 0 aliphatic carbocycles. The molecule has 104 valence electrons. The summed E-state index contributed by atoms with van der Waals surface area (Å²) in [4.78, 5) is 16.5. The van der Waals surface area contributed by atoms with E-state index in [-0.39, 0.29) is 12.1 Å². The van der Waals surface area contributed by atoms with Crippen molar-refractivity contribution >= 4 is 6.09 Å². The molecule has 5 heteroatoms. The predicted octanol–water partition coefficient (Wildman–Crippen LogP) is 0.899. The molecule has 0 aromatic heterocycles. The molecule has 0 unspecified atom stereocenters. The van der Waals surface area contributed by atoms with Crippen molar-refractivity contribution in [3.63, 3.8) is 0 Å². The summed E-state index contributed by atoms with van der Waals surface area (Å²) in [5, 5.41) is 3.39. The van der Waals surface area contributed by atoms with Gasteiger partial charge in [0.1, 0.15) is 5.60 Å². The Hall–Kier alpha value is -0.810. The maximum atomic E-state index is 12.2. The van der Waals surface area contributed by atoms with Crippen molar-refractivity contribution < 1.29 is 9.53 Å². The lowest BCUT2D eigenvalue weighted by molar-refractivity contribution is -0.0168. The van der Waals surface area contributed by atoms with Crippen LogP contribution < -0.4 is 5.32 Å². The fourth-order valence-electron chi connectivity index (χ4n) is 2.64. The van der Waals surface area contributed by atoms with Gasteiger partial charge in [-0.2, -0.15) is 0 Å². The third kappa shape index (κ3) is 3.14. The SMILES string of the molecule is C[C@H]1CN2CCNC[C@@H]2CN1C(=O)OC(C)(C)C. The first kappa shape index (κ1) is 13.6. The van der Waals surface area contributed by atoms with Crippen molar-refractivity contribution in [2.24, 2.45) is 0 Å². The van der Waals surface area contributed by atoms with E-state index in [1.807, 2.05) is 25.7 Å². The molecule has 0 bridgehead atoms. The van der Waals surface area contributed by atoms with E-state index in [1.165, 1.54) is 0 Å². The molecule has 2 atom stereocenters. The maximum Gasteiger partial charge on any atom is 0.410 e. The van der Waals surface area contributed by atoms with Gasteiger partial charge in [-0.25, -0.2) is 4.79 Å². The second-order valence-corrected chi connectivity index (χ2v) is 6.33. The average Bonchev–Trinajstić information content (AvgIpc) is 2.25. The Labute approximate surface area is 109 Å². The number of carbonyl (C=O) groups excluding carboxylic acids is 1. The fourth-order valence-corrected chi connectivity index (χ4v) is 2.64. The molecule has 2 saturated heterocycles. The van der Waals surface area contributed by atoms with Gasteiger partial charge >= 0.3 is 6.09 Å². The van der Waals surface area contributed by atoms with Crippen LogP contribution in [0.15, 0.2) is 0 Å². The highest BCUT2D eigenvalue weighted by molar-refractivity contribution is 5.68. The molecule has 2 heterocycles. The molecule has 0 aromatic rings. The molecule has 1 amide bonds. The molecule has 2 rings (SSSR count). The van der Waals surface area contributed by atoms with Gasteiger partial charge < -0.3 is 15.0 Å². The first-order valence-electron chi connectivity index (χ1n) is 6.81. The van der Waals surface area contributed by atoms with Crippen LogP contribution in [0.5, 0.6) is 0 Å². The van der Waals surface area contributed by atoms with E-state index in [0.717, 1.165) is 32.7 Å². The van der Waals surface area contributed by atoms with E-state index >= 15 is 0 Å². The lowest BCUT2D eigenvalue weighted by atomic mass is 10.1. The number of amides is 1. The topological polar surface area (TPSA) is 44.8 Å². The molecule has 2 aliphatic heterocycles. The Morgan fingerprint density at radius 2 is 2.06 bits per heavy atom. The molecular formula is C13H25N3O2. The van der Waals surface area contributed by atoms with Gasteiger partial charge in [0.15, 0.2) is 0 Å². The zero-order valence-electron chi connectivity index (χ0n) is 11.9. The Kier molecular flexibility index (Phi) is 3.82.